The van der Waals surface area contributed by atoms with Crippen molar-refractivity contribution in [2.24, 2.45) is 0 Å². The van der Waals surface area contributed by atoms with Gasteiger partial charge in [0.15, 0.2) is 0 Å². The van der Waals surface area contributed by atoms with Crippen molar-refractivity contribution in [2.45, 2.75) is 44.4 Å². The van der Waals surface area contributed by atoms with Gasteiger partial charge in [-0.05, 0) is 20.5 Å². The van der Waals surface area contributed by atoms with Crippen molar-refractivity contribution in [3.63, 3.8) is 0 Å². The Balaban J connectivity index is 2.83. The van der Waals surface area contributed by atoms with Crippen molar-refractivity contribution in [1.82, 2.24) is 9.80 Å². The molecule has 1 aliphatic rings. The number of likely N-dealkylation sites (N-methyl/N-ethyl adjacent to an activating group) is 1. The molecule has 0 aromatic rings. The van der Waals surface area contributed by atoms with Gasteiger partial charge in [-0.15, -0.1) is 0 Å². The summed E-state index contributed by atoms with van der Waals surface area (Å²) in [7, 11) is 5.63. The van der Waals surface area contributed by atoms with Gasteiger partial charge in [-0.1, -0.05) is 19.8 Å². The van der Waals surface area contributed by atoms with E-state index in [9.17, 15) is 9.90 Å². The number of ether oxygens (including phenoxy) is 1. The molecule has 0 radical (unpaired) electrons. The van der Waals surface area contributed by atoms with Crippen molar-refractivity contribution < 1.29 is 14.6 Å². The largest absolute Gasteiger partial charge is 0.465 e. The first-order valence-corrected chi connectivity index (χ1v) is 6.21. The maximum absolute atomic E-state index is 11.3. The van der Waals surface area contributed by atoms with Gasteiger partial charge in [-0.2, -0.15) is 0 Å². The molecule has 1 rings (SSSR count). The highest BCUT2D eigenvalue weighted by Crippen LogP contribution is 2.27. The number of carboxylic acid groups (broad SMARTS) is 1. The fourth-order valence-electron chi connectivity index (χ4n) is 2.72. The second-order valence-electron chi connectivity index (χ2n) is 4.87. The molecule has 17 heavy (non-hydrogen) atoms. The third-order valence-electron chi connectivity index (χ3n) is 3.55. The Morgan fingerprint density at radius 1 is 1.53 bits per heavy atom. The van der Waals surface area contributed by atoms with Crippen LogP contribution in [0, 0.1) is 0 Å². The van der Waals surface area contributed by atoms with Gasteiger partial charge in [0.1, 0.15) is 0 Å². The van der Waals surface area contributed by atoms with E-state index in [4.69, 9.17) is 4.74 Å². The third kappa shape index (κ3) is 3.10. The fraction of sp³-hybridized carbons (Fsp3) is 0.917. The van der Waals surface area contributed by atoms with Gasteiger partial charge < -0.3 is 19.6 Å². The van der Waals surface area contributed by atoms with Crippen LogP contribution in [0.4, 0.5) is 4.79 Å². The minimum atomic E-state index is -0.836. The fourth-order valence-corrected chi connectivity index (χ4v) is 2.72. The Labute approximate surface area is 103 Å². The number of likely N-dealkylation sites (tertiary alicyclic amines) is 1. The number of rotatable bonds is 5. The molecule has 0 aliphatic carbocycles. The predicted molar refractivity (Wildman–Crippen MR) is 66.3 cm³/mol. The maximum Gasteiger partial charge on any atom is 0.407 e. The number of hydrogen-bond donors (Lipinski definition) is 1. The lowest BCUT2D eigenvalue weighted by molar-refractivity contribution is 0.0543. The lowest BCUT2D eigenvalue weighted by Gasteiger charge is -2.31. The summed E-state index contributed by atoms with van der Waals surface area (Å²) in [5.74, 6) is 0. The van der Waals surface area contributed by atoms with E-state index in [1.165, 1.54) is 4.90 Å². The molecule has 5 nitrogen and oxygen atoms in total. The number of unbranched alkanes of at least 4 members (excludes halogenated alkanes) is 1. The SMILES string of the molecule is CCCCC1C(N(C)C)C(OC)CN1C(=O)O. The van der Waals surface area contributed by atoms with Gasteiger partial charge in [0.25, 0.3) is 0 Å². The smallest absolute Gasteiger partial charge is 0.407 e. The molecule has 1 aliphatic heterocycles. The van der Waals surface area contributed by atoms with Crippen LogP contribution in [0.2, 0.25) is 0 Å². The molecule has 3 unspecified atom stereocenters. The molecular formula is C12H24N2O3. The van der Waals surface area contributed by atoms with Crippen LogP contribution in [0.1, 0.15) is 26.2 Å². The molecule has 0 aromatic heterocycles. The molecule has 0 aromatic carbocycles. The molecule has 1 amide bonds. The predicted octanol–water partition coefficient (Wildman–Crippen LogP) is 1.48. The molecule has 0 saturated carbocycles. The molecule has 0 bridgehead atoms. The number of methoxy groups -OCH3 is 1. The summed E-state index contributed by atoms with van der Waals surface area (Å²) < 4.78 is 5.43. The second-order valence-corrected chi connectivity index (χ2v) is 4.87. The van der Waals surface area contributed by atoms with Crippen LogP contribution in [0.25, 0.3) is 0 Å². The molecular weight excluding hydrogens is 220 g/mol. The van der Waals surface area contributed by atoms with E-state index in [2.05, 4.69) is 11.8 Å². The maximum atomic E-state index is 11.3. The zero-order valence-electron chi connectivity index (χ0n) is 11.2. The van der Waals surface area contributed by atoms with Crippen LogP contribution in [-0.2, 0) is 4.74 Å². The van der Waals surface area contributed by atoms with Crippen molar-refractivity contribution >= 4 is 6.09 Å². The van der Waals surface area contributed by atoms with Crippen molar-refractivity contribution in [3.05, 3.63) is 0 Å². The molecule has 1 N–H and O–H groups in total. The highest BCUT2D eigenvalue weighted by Gasteiger charge is 2.44. The van der Waals surface area contributed by atoms with Gasteiger partial charge in [-0.25, -0.2) is 4.79 Å². The summed E-state index contributed by atoms with van der Waals surface area (Å²) in [4.78, 5) is 14.9. The quantitative estimate of drug-likeness (QED) is 0.796. The van der Waals surface area contributed by atoms with Gasteiger partial charge in [0.2, 0.25) is 0 Å². The zero-order chi connectivity index (χ0) is 13.0. The molecule has 1 fully saturated rings. The molecule has 1 saturated heterocycles. The average molecular weight is 244 g/mol. The van der Waals surface area contributed by atoms with E-state index in [-0.39, 0.29) is 18.2 Å². The number of hydrogen-bond acceptors (Lipinski definition) is 3. The van der Waals surface area contributed by atoms with E-state index >= 15 is 0 Å². The topological polar surface area (TPSA) is 53.0 Å². The first kappa shape index (κ1) is 14.3. The Hall–Kier alpha value is -0.810. The van der Waals surface area contributed by atoms with Crippen LogP contribution in [0.3, 0.4) is 0 Å². The van der Waals surface area contributed by atoms with E-state index in [0.29, 0.717) is 6.54 Å². The minimum absolute atomic E-state index is 0.0250. The van der Waals surface area contributed by atoms with Crippen LogP contribution in [0.15, 0.2) is 0 Å². The Morgan fingerprint density at radius 3 is 2.59 bits per heavy atom. The van der Waals surface area contributed by atoms with Gasteiger partial charge >= 0.3 is 6.09 Å². The summed E-state index contributed by atoms with van der Waals surface area (Å²) >= 11 is 0. The van der Waals surface area contributed by atoms with Crippen LogP contribution in [0.5, 0.6) is 0 Å². The normalized spacial score (nSPS) is 29.0. The first-order valence-electron chi connectivity index (χ1n) is 6.21. The molecule has 100 valence electrons. The highest BCUT2D eigenvalue weighted by molar-refractivity contribution is 5.66. The summed E-state index contributed by atoms with van der Waals surface area (Å²) in [5.41, 5.74) is 0. The average Bonchev–Trinajstić information content (AvgIpc) is 2.64. The zero-order valence-corrected chi connectivity index (χ0v) is 11.2. The van der Waals surface area contributed by atoms with Crippen molar-refractivity contribution in [3.8, 4) is 0 Å². The molecule has 3 atom stereocenters. The summed E-state index contributed by atoms with van der Waals surface area (Å²) in [6.45, 7) is 2.60. The lowest BCUT2D eigenvalue weighted by Crippen LogP contribution is -2.46. The summed E-state index contributed by atoms with van der Waals surface area (Å²) in [5, 5.41) is 9.25. The molecule has 0 spiro atoms. The van der Waals surface area contributed by atoms with Crippen molar-refractivity contribution in [1.29, 1.82) is 0 Å². The number of carbonyl (C=O) groups is 1. The minimum Gasteiger partial charge on any atom is -0.465 e. The van der Waals surface area contributed by atoms with E-state index in [1.54, 1.807) is 7.11 Å². The third-order valence-corrected chi connectivity index (χ3v) is 3.55. The first-order chi connectivity index (χ1) is 8.02. The van der Waals surface area contributed by atoms with E-state index in [0.717, 1.165) is 19.3 Å². The van der Waals surface area contributed by atoms with E-state index < -0.39 is 6.09 Å². The monoisotopic (exact) mass is 244 g/mol. The standard InChI is InChI=1S/C12H24N2O3/c1-5-6-7-9-11(13(2)3)10(17-4)8-14(9)12(15)16/h9-11H,5-8H2,1-4H3,(H,15,16). The Morgan fingerprint density at radius 2 is 2.18 bits per heavy atom. The summed E-state index contributed by atoms with van der Waals surface area (Å²) in [6.07, 6.45) is 2.18. The van der Waals surface area contributed by atoms with Crippen LogP contribution in [-0.4, -0.2) is 66.9 Å². The van der Waals surface area contributed by atoms with Crippen LogP contribution < -0.4 is 0 Å². The van der Waals surface area contributed by atoms with Crippen molar-refractivity contribution in [2.75, 3.05) is 27.7 Å². The Bertz CT molecular complexity index is 258. The number of nitrogens with zero attached hydrogens (tertiary/aromatic N) is 2. The lowest BCUT2D eigenvalue weighted by atomic mass is 10.0. The number of amides is 1. The molecule has 5 heteroatoms. The highest BCUT2D eigenvalue weighted by atomic mass is 16.5. The van der Waals surface area contributed by atoms with Gasteiger partial charge in [0.05, 0.1) is 24.7 Å². The second kappa shape index (κ2) is 6.21. The van der Waals surface area contributed by atoms with Gasteiger partial charge in [-0.3, -0.25) is 0 Å². The van der Waals surface area contributed by atoms with E-state index in [1.807, 2.05) is 14.1 Å². The van der Waals surface area contributed by atoms with Gasteiger partial charge in [0, 0.05) is 7.11 Å². The summed E-state index contributed by atoms with van der Waals surface area (Å²) in [6, 6.07) is 0.204. The molecule has 1 heterocycles. The Kier molecular flexibility index (Phi) is 5.21. The van der Waals surface area contributed by atoms with Crippen LogP contribution >= 0.6 is 0 Å².